The van der Waals surface area contributed by atoms with E-state index in [1.54, 1.807) is 0 Å². The highest BCUT2D eigenvalue weighted by Crippen LogP contribution is 2.07. The number of hydrogen-bond donors (Lipinski definition) is 1. The van der Waals surface area contributed by atoms with Crippen LogP contribution >= 0.6 is 0 Å². The van der Waals surface area contributed by atoms with E-state index < -0.39 is 6.16 Å². The van der Waals surface area contributed by atoms with Crippen molar-refractivity contribution in [2.24, 2.45) is 5.92 Å². The summed E-state index contributed by atoms with van der Waals surface area (Å²) in [5.41, 5.74) is 0. The van der Waals surface area contributed by atoms with Gasteiger partial charge in [-0.1, -0.05) is 0 Å². The molecule has 0 atom stereocenters. The van der Waals surface area contributed by atoms with Crippen LogP contribution < -0.4 is 0 Å². The molecule has 0 aromatic heterocycles. The molecule has 64 valence electrons. The minimum atomic E-state index is -1.30. The zero-order valence-electron chi connectivity index (χ0n) is 6.62. The molecule has 0 saturated carbocycles. The zero-order valence-corrected chi connectivity index (χ0v) is 6.62. The van der Waals surface area contributed by atoms with E-state index in [0.717, 1.165) is 0 Å². The first-order chi connectivity index (χ1) is 5.70. The topological polar surface area (TPSA) is 46.5 Å². The SMILES string of the molecule is C#CCC(CC#C)COC(=O)O. The molecule has 0 saturated heterocycles. The quantitative estimate of drug-likeness (QED) is 0.506. The van der Waals surface area contributed by atoms with Crippen LogP contribution in [0, 0.1) is 30.6 Å². The lowest BCUT2D eigenvalue weighted by Gasteiger charge is -2.08. The molecule has 0 aromatic carbocycles. The Kier molecular flexibility index (Phi) is 5.30. The van der Waals surface area contributed by atoms with E-state index in [4.69, 9.17) is 18.0 Å². The maximum absolute atomic E-state index is 9.99. The van der Waals surface area contributed by atoms with E-state index in [9.17, 15) is 4.79 Å². The highest BCUT2D eigenvalue weighted by molar-refractivity contribution is 5.56. The number of carboxylic acid groups (broad SMARTS) is 1. The standard InChI is InChI=1S/C9H10O3/c1-3-5-8(6-4-2)7-12-9(10)11/h1-2,8H,5-7H2,(H,10,11). The molecule has 3 nitrogen and oxygen atoms in total. The van der Waals surface area contributed by atoms with Crippen molar-refractivity contribution in [1.82, 2.24) is 0 Å². The largest absolute Gasteiger partial charge is 0.505 e. The number of carbonyl (C=O) groups is 1. The van der Waals surface area contributed by atoms with Crippen molar-refractivity contribution in [3.63, 3.8) is 0 Å². The van der Waals surface area contributed by atoms with Gasteiger partial charge in [0, 0.05) is 18.8 Å². The second-order valence-corrected chi connectivity index (χ2v) is 2.26. The Bertz CT molecular complexity index is 203. The van der Waals surface area contributed by atoms with Gasteiger partial charge < -0.3 is 9.84 Å². The fourth-order valence-corrected chi connectivity index (χ4v) is 0.712. The van der Waals surface area contributed by atoms with E-state index >= 15 is 0 Å². The predicted octanol–water partition coefficient (Wildman–Crippen LogP) is 1.34. The molecule has 0 aliphatic carbocycles. The minimum Gasteiger partial charge on any atom is -0.450 e. The normalized spacial score (nSPS) is 8.58. The van der Waals surface area contributed by atoms with Crippen LogP contribution in [0.1, 0.15) is 12.8 Å². The van der Waals surface area contributed by atoms with Crippen LogP contribution in [0.25, 0.3) is 0 Å². The summed E-state index contributed by atoms with van der Waals surface area (Å²) in [6.07, 6.45) is 9.68. The first kappa shape index (κ1) is 10.4. The van der Waals surface area contributed by atoms with Crippen molar-refractivity contribution in [3.8, 4) is 24.7 Å². The number of hydrogen-bond acceptors (Lipinski definition) is 2. The van der Waals surface area contributed by atoms with Crippen LogP contribution in [0.5, 0.6) is 0 Å². The fraction of sp³-hybridized carbons (Fsp3) is 0.444. The highest BCUT2D eigenvalue weighted by atomic mass is 16.7. The van der Waals surface area contributed by atoms with Crippen molar-refractivity contribution in [2.45, 2.75) is 12.8 Å². The molecular formula is C9H10O3. The van der Waals surface area contributed by atoms with Gasteiger partial charge in [-0.2, -0.15) is 0 Å². The monoisotopic (exact) mass is 166 g/mol. The molecule has 0 heterocycles. The van der Waals surface area contributed by atoms with Gasteiger partial charge in [0.1, 0.15) is 0 Å². The van der Waals surface area contributed by atoms with Gasteiger partial charge in [-0.15, -0.1) is 24.7 Å². The van der Waals surface area contributed by atoms with Crippen molar-refractivity contribution in [3.05, 3.63) is 0 Å². The van der Waals surface area contributed by atoms with E-state index in [1.807, 2.05) is 0 Å². The lowest BCUT2D eigenvalue weighted by Crippen LogP contribution is -2.11. The van der Waals surface area contributed by atoms with Crippen molar-refractivity contribution >= 4 is 6.16 Å². The Morgan fingerprint density at radius 3 is 2.25 bits per heavy atom. The third-order valence-corrected chi connectivity index (χ3v) is 1.26. The predicted molar refractivity (Wildman–Crippen MR) is 44.4 cm³/mol. The van der Waals surface area contributed by atoms with Crippen LogP contribution in [-0.2, 0) is 4.74 Å². The molecule has 0 unspecified atom stereocenters. The molecule has 0 amide bonds. The van der Waals surface area contributed by atoms with E-state index in [-0.39, 0.29) is 12.5 Å². The number of terminal acetylenes is 2. The lowest BCUT2D eigenvalue weighted by atomic mass is 10.0. The molecule has 0 aromatic rings. The molecule has 0 radical (unpaired) electrons. The summed E-state index contributed by atoms with van der Waals surface area (Å²) in [5.74, 6) is 4.76. The van der Waals surface area contributed by atoms with E-state index in [0.29, 0.717) is 12.8 Å². The Hall–Kier alpha value is -1.61. The second kappa shape index (κ2) is 6.12. The van der Waals surface area contributed by atoms with Crippen LogP contribution in [-0.4, -0.2) is 17.9 Å². The summed E-state index contributed by atoms with van der Waals surface area (Å²) in [4.78, 5) is 9.99. The molecule has 0 rings (SSSR count). The van der Waals surface area contributed by atoms with Gasteiger partial charge in [-0.05, 0) is 0 Å². The Morgan fingerprint density at radius 2 is 1.92 bits per heavy atom. The Morgan fingerprint density at radius 1 is 1.42 bits per heavy atom. The molecule has 12 heavy (non-hydrogen) atoms. The van der Waals surface area contributed by atoms with Gasteiger partial charge >= 0.3 is 6.16 Å². The van der Waals surface area contributed by atoms with E-state index in [1.165, 1.54) is 0 Å². The fourth-order valence-electron chi connectivity index (χ4n) is 0.712. The van der Waals surface area contributed by atoms with Gasteiger partial charge in [0.15, 0.2) is 0 Å². The van der Waals surface area contributed by atoms with Gasteiger partial charge in [-0.25, -0.2) is 4.79 Å². The van der Waals surface area contributed by atoms with Crippen LogP contribution in [0.15, 0.2) is 0 Å². The number of ether oxygens (including phenoxy) is 1. The molecule has 0 aliphatic rings. The summed E-state index contributed by atoms with van der Waals surface area (Å²) in [6, 6.07) is 0. The molecule has 0 spiro atoms. The van der Waals surface area contributed by atoms with Crippen molar-refractivity contribution < 1.29 is 14.6 Å². The first-order valence-electron chi connectivity index (χ1n) is 3.43. The van der Waals surface area contributed by atoms with Gasteiger partial charge in [0.2, 0.25) is 0 Å². The third kappa shape index (κ3) is 5.20. The van der Waals surface area contributed by atoms with Crippen molar-refractivity contribution in [2.75, 3.05) is 6.61 Å². The average molecular weight is 166 g/mol. The van der Waals surface area contributed by atoms with Gasteiger partial charge in [0.25, 0.3) is 0 Å². The van der Waals surface area contributed by atoms with E-state index in [2.05, 4.69) is 16.6 Å². The smallest absolute Gasteiger partial charge is 0.450 e. The summed E-state index contributed by atoms with van der Waals surface area (Å²) in [7, 11) is 0. The first-order valence-corrected chi connectivity index (χ1v) is 3.43. The summed E-state index contributed by atoms with van der Waals surface area (Å²) in [5, 5.41) is 8.17. The summed E-state index contributed by atoms with van der Waals surface area (Å²) < 4.78 is 4.33. The maximum atomic E-state index is 9.99. The minimum absolute atomic E-state index is 0.0592. The molecule has 1 N–H and O–H groups in total. The van der Waals surface area contributed by atoms with Crippen LogP contribution in [0.2, 0.25) is 0 Å². The van der Waals surface area contributed by atoms with Gasteiger partial charge in [-0.3, -0.25) is 0 Å². The molecular weight excluding hydrogens is 156 g/mol. The van der Waals surface area contributed by atoms with Crippen LogP contribution in [0.4, 0.5) is 4.79 Å². The van der Waals surface area contributed by atoms with Crippen molar-refractivity contribution in [1.29, 1.82) is 0 Å². The zero-order chi connectivity index (χ0) is 9.40. The molecule has 3 heteroatoms. The molecule has 0 aliphatic heterocycles. The Labute approximate surface area is 71.7 Å². The van der Waals surface area contributed by atoms with Gasteiger partial charge in [0.05, 0.1) is 6.61 Å². The second-order valence-electron chi connectivity index (χ2n) is 2.26. The molecule has 0 bridgehead atoms. The third-order valence-electron chi connectivity index (χ3n) is 1.26. The highest BCUT2D eigenvalue weighted by Gasteiger charge is 2.08. The average Bonchev–Trinajstić information content (AvgIpc) is 2.01. The summed E-state index contributed by atoms with van der Waals surface area (Å²) >= 11 is 0. The number of rotatable bonds is 4. The van der Waals surface area contributed by atoms with Crippen LogP contribution in [0.3, 0.4) is 0 Å². The summed E-state index contributed by atoms with van der Waals surface area (Å²) in [6.45, 7) is 0.0731. The lowest BCUT2D eigenvalue weighted by molar-refractivity contribution is 0.0781. The maximum Gasteiger partial charge on any atom is 0.505 e. The Balaban J connectivity index is 3.73. The molecule has 0 fully saturated rings.